The van der Waals surface area contributed by atoms with Crippen molar-refractivity contribution in [3.8, 4) is 5.75 Å². The van der Waals surface area contributed by atoms with Gasteiger partial charge in [-0.3, -0.25) is 4.79 Å². The van der Waals surface area contributed by atoms with Gasteiger partial charge in [0.2, 0.25) is 5.91 Å². The van der Waals surface area contributed by atoms with Gasteiger partial charge in [-0.1, -0.05) is 84.7 Å². The number of rotatable bonds is 9. The van der Waals surface area contributed by atoms with E-state index in [9.17, 15) is 9.90 Å². The second kappa shape index (κ2) is 9.97. The number of benzene rings is 2. The molecule has 0 radical (unpaired) electrons. The van der Waals surface area contributed by atoms with E-state index in [-0.39, 0.29) is 16.7 Å². The number of nitrogens with one attached hydrogen (secondary N) is 1. The van der Waals surface area contributed by atoms with E-state index in [2.05, 4.69) is 46.9 Å². The van der Waals surface area contributed by atoms with Crippen LogP contribution >= 0.6 is 0 Å². The molecule has 0 spiro atoms. The van der Waals surface area contributed by atoms with Crippen molar-refractivity contribution in [3.63, 3.8) is 0 Å². The standard InChI is InChI=1S/C27H37NO2/c1-7-16-26(3,4)22-18-21(19-23(25(22)30)27(5,6)17-8-2)28-24(29)15-14-20-12-10-9-11-13-20/h9-15,18-19,30H,7-8,16-17H2,1-6H3,(H,28,29). The van der Waals surface area contributed by atoms with Crippen molar-refractivity contribution >= 4 is 17.7 Å². The molecule has 0 saturated heterocycles. The van der Waals surface area contributed by atoms with Gasteiger partial charge >= 0.3 is 0 Å². The summed E-state index contributed by atoms with van der Waals surface area (Å²) in [5.74, 6) is 0.188. The Morgan fingerprint density at radius 3 is 1.90 bits per heavy atom. The number of phenols is 1. The quantitative estimate of drug-likeness (QED) is 0.341. The van der Waals surface area contributed by atoms with Gasteiger partial charge in [0.15, 0.2) is 0 Å². The number of hydrogen-bond donors (Lipinski definition) is 2. The third kappa shape index (κ3) is 5.98. The number of hydrogen-bond acceptors (Lipinski definition) is 2. The van der Waals surface area contributed by atoms with E-state index in [1.807, 2.05) is 42.5 Å². The van der Waals surface area contributed by atoms with Gasteiger partial charge in [0, 0.05) is 22.9 Å². The van der Waals surface area contributed by atoms with Crippen molar-refractivity contribution in [2.24, 2.45) is 0 Å². The normalized spacial score (nSPS) is 12.3. The molecule has 3 nitrogen and oxygen atoms in total. The van der Waals surface area contributed by atoms with Crippen LogP contribution in [0.1, 0.15) is 83.9 Å². The van der Waals surface area contributed by atoms with Gasteiger partial charge < -0.3 is 10.4 Å². The van der Waals surface area contributed by atoms with Crippen LogP contribution in [-0.4, -0.2) is 11.0 Å². The van der Waals surface area contributed by atoms with E-state index in [4.69, 9.17) is 0 Å². The Morgan fingerprint density at radius 1 is 0.933 bits per heavy atom. The zero-order valence-electron chi connectivity index (χ0n) is 19.4. The lowest BCUT2D eigenvalue weighted by Crippen LogP contribution is -2.22. The van der Waals surface area contributed by atoms with Crippen LogP contribution in [0, 0.1) is 0 Å². The van der Waals surface area contributed by atoms with Crippen LogP contribution in [0.4, 0.5) is 5.69 Å². The van der Waals surface area contributed by atoms with Gasteiger partial charge in [-0.15, -0.1) is 0 Å². The molecule has 0 unspecified atom stereocenters. The number of amides is 1. The summed E-state index contributed by atoms with van der Waals surface area (Å²) in [5.41, 5.74) is 3.14. The fourth-order valence-electron chi connectivity index (χ4n) is 4.18. The molecule has 0 heterocycles. The molecular weight excluding hydrogens is 370 g/mol. The molecule has 0 aliphatic carbocycles. The Hall–Kier alpha value is -2.55. The number of anilines is 1. The zero-order chi connectivity index (χ0) is 22.4. The smallest absolute Gasteiger partial charge is 0.248 e. The highest BCUT2D eigenvalue weighted by Gasteiger charge is 2.30. The summed E-state index contributed by atoms with van der Waals surface area (Å²) < 4.78 is 0. The Kier molecular flexibility index (Phi) is 7.89. The van der Waals surface area contributed by atoms with Crippen molar-refractivity contribution < 1.29 is 9.90 Å². The SMILES string of the molecule is CCCC(C)(C)c1cc(NC(=O)C=Cc2ccccc2)cc(C(C)(C)CCC)c1O. The molecule has 2 N–H and O–H groups in total. The van der Waals surface area contributed by atoms with Gasteiger partial charge in [-0.25, -0.2) is 0 Å². The molecule has 0 atom stereocenters. The molecule has 0 aliphatic heterocycles. The molecule has 1 amide bonds. The van der Waals surface area contributed by atoms with Gasteiger partial charge in [-0.05, 0) is 47.4 Å². The highest BCUT2D eigenvalue weighted by Crippen LogP contribution is 2.44. The summed E-state index contributed by atoms with van der Waals surface area (Å²) in [6.45, 7) is 12.9. The summed E-state index contributed by atoms with van der Waals surface area (Å²) in [7, 11) is 0. The summed E-state index contributed by atoms with van der Waals surface area (Å²) >= 11 is 0. The van der Waals surface area contributed by atoms with E-state index in [0.29, 0.717) is 5.75 Å². The lowest BCUT2D eigenvalue weighted by molar-refractivity contribution is -0.111. The van der Waals surface area contributed by atoms with Crippen molar-refractivity contribution in [2.75, 3.05) is 5.32 Å². The first kappa shape index (κ1) is 23.7. The van der Waals surface area contributed by atoms with Crippen molar-refractivity contribution in [1.82, 2.24) is 0 Å². The van der Waals surface area contributed by atoms with Crippen LogP contribution in [0.3, 0.4) is 0 Å². The monoisotopic (exact) mass is 407 g/mol. The van der Waals surface area contributed by atoms with Crippen LogP contribution in [0.2, 0.25) is 0 Å². The maximum atomic E-state index is 12.6. The van der Waals surface area contributed by atoms with Crippen LogP contribution in [-0.2, 0) is 15.6 Å². The summed E-state index contributed by atoms with van der Waals surface area (Å²) in [6, 6.07) is 13.6. The summed E-state index contributed by atoms with van der Waals surface area (Å²) in [6.07, 6.45) is 7.32. The van der Waals surface area contributed by atoms with E-state index in [0.717, 1.165) is 48.1 Å². The fourth-order valence-corrected chi connectivity index (χ4v) is 4.18. The first-order valence-corrected chi connectivity index (χ1v) is 11.0. The molecule has 0 bridgehead atoms. The minimum absolute atomic E-state index is 0.178. The largest absolute Gasteiger partial charge is 0.507 e. The summed E-state index contributed by atoms with van der Waals surface area (Å²) in [4.78, 5) is 12.6. The molecular formula is C27H37NO2. The van der Waals surface area contributed by atoms with E-state index in [1.165, 1.54) is 0 Å². The highest BCUT2D eigenvalue weighted by molar-refractivity contribution is 6.02. The van der Waals surface area contributed by atoms with Gasteiger partial charge in [-0.2, -0.15) is 0 Å². The Bertz CT molecular complexity index is 840. The number of carbonyl (C=O) groups excluding carboxylic acids is 1. The van der Waals surface area contributed by atoms with Gasteiger partial charge in [0.05, 0.1) is 0 Å². The van der Waals surface area contributed by atoms with Crippen molar-refractivity contribution in [1.29, 1.82) is 0 Å². The lowest BCUT2D eigenvalue weighted by atomic mass is 9.74. The van der Waals surface area contributed by atoms with Crippen LogP contribution in [0.25, 0.3) is 6.08 Å². The van der Waals surface area contributed by atoms with E-state index in [1.54, 1.807) is 12.2 Å². The minimum atomic E-state index is -0.184. The number of phenolic OH excluding ortho intramolecular Hbond substituents is 1. The van der Waals surface area contributed by atoms with Gasteiger partial charge in [0.25, 0.3) is 0 Å². The first-order chi connectivity index (χ1) is 14.1. The third-order valence-corrected chi connectivity index (χ3v) is 5.81. The van der Waals surface area contributed by atoms with Crippen molar-refractivity contribution in [2.45, 2.75) is 78.1 Å². The maximum Gasteiger partial charge on any atom is 0.248 e. The lowest BCUT2D eigenvalue weighted by Gasteiger charge is -2.32. The van der Waals surface area contributed by atoms with E-state index >= 15 is 0 Å². The van der Waals surface area contributed by atoms with Gasteiger partial charge in [0.1, 0.15) is 5.75 Å². The fraction of sp³-hybridized carbons (Fsp3) is 0.444. The van der Waals surface area contributed by atoms with Crippen LogP contribution in [0.15, 0.2) is 48.5 Å². The molecule has 3 heteroatoms. The highest BCUT2D eigenvalue weighted by atomic mass is 16.3. The molecule has 2 rings (SSSR count). The Morgan fingerprint density at radius 2 is 1.43 bits per heavy atom. The zero-order valence-corrected chi connectivity index (χ0v) is 19.4. The average molecular weight is 408 g/mol. The molecule has 0 aromatic heterocycles. The maximum absolute atomic E-state index is 12.6. The van der Waals surface area contributed by atoms with Crippen LogP contribution < -0.4 is 5.32 Å². The topological polar surface area (TPSA) is 49.3 Å². The molecule has 2 aromatic rings. The Labute approximate surface area is 182 Å². The third-order valence-electron chi connectivity index (χ3n) is 5.81. The summed E-state index contributed by atoms with van der Waals surface area (Å²) in [5, 5.41) is 14.2. The molecule has 2 aromatic carbocycles. The van der Waals surface area contributed by atoms with Crippen molar-refractivity contribution in [3.05, 3.63) is 65.2 Å². The molecule has 0 saturated carbocycles. The minimum Gasteiger partial charge on any atom is -0.507 e. The average Bonchev–Trinajstić information content (AvgIpc) is 2.68. The van der Waals surface area contributed by atoms with Crippen LogP contribution in [0.5, 0.6) is 5.75 Å². The second-order valence-electron chi connectivity index (χ2n) is 9.42. The molecule has 162 valence electrons. The molecule has 0 fully saturated rings. The second-order valence-corrected chi connectivity index (χ2v) is 9.42. The first-order valence-electron chi connectivity index (χ1n) is 11.0. The number of aromatic hydroxyl groups is 1. The number of carbonyl (C=O) groups is 1. The molecule has 0 aliphatic rings. The Balaban J connectivity index is 2.43. The predicted octanol–water partition coefficient (Wildman–Crippen LogP) is 7.20. The van der Waals surface area contributed by atoms with E-state index < -0.39 is 0 Å². The molecule has 30 heavy (non-hydrogen) atoms. The predicted molar refractivity (Wildman–Crippen MR) is 128 cm³/mol.